The Bertz CT molecular complexity index is 1140. The molecule has 1 fully saturated rings. The number of rotatable bonds is 8. The molecular weight excluding hydrogens is 432 g/mol. The fourth-order valence-electron chi connectivity index (χ4n) is 5.15. The van der Waals surface area contributed by atoms with Gasteiger partial charge >= 0.3 is 0 Å². The normalized spacial score (nSPS) is 15.6. The maximum Gasteiger partial charge on any atom is 0.259 e. The average Bonchev–Trinajstić information content (AvgIpc) is 2.81. The van der Waals surface area contributed by atoms with E-state index >= 15 is 0 Å². The molecule has 5 heteroatoms. The lowest BCUT2D eigenvalue weighted by atomic mass is 9.98. The number of hydrogen-bond acceptors (Lipinski definition) is 4. The number of piperidine rings is 1. The van der Waals surface area contributed by atoms with Crippen LogP contribution >= 0.6 is 0 Å². The molecule has 1 atom stereocenters. The molecule has 2 heterocycles. The van der Waals surface area contributed by atoms with Gasteiger partial charge in [-0.15, -0.1) is 0 Å². The summed E-state index contributed by atoms with van der Waals surface area (Å²) in [5.41, 5.74) is 8.89. The van der Waals surface area contributed by atoms with Gasteiger partial charge in [-0.25, -0.2) is 0 Å². The van der Waals surface area contributed by atoms with Crippen LogP contribution in [0, 0.1) is 27.7 Å². The van der Waals surface area contributed by atoms with Crippen LogP contribution in [0.4, 0.5) is 11.4 Å². The summed E-state index contributed by atoms with van der Waals surface area (Å²) < 4.78 is 0. The van der Waals surface area contributed by atoms with E-state index in [4.69, 9.17) is 0 Å². The summed E-state index contributed by atoms with van der Waals surface area (Å²) in [5.74, 6) is -0.148. The topological polar surface area (TPSA) is 66.0 Å². The lowest BCUT2D eigenvalue weighted by molar-refractivity contribution is 0.102. The summed E-state index contributed by atoms with van der Waals surface area (Å²) in [6, 6.07) is 13.2. The molecule has 0 aliphatic carbocycles. The lowest BCUT2D eigenvalue weighted by Gasteiger charge is -2.23. The van der Waals surface area contributed by atoms with E-state index in [0.29, 0.717) is 11.6 Å². The van der Waals surface area contributed by atoms with E-state index in [-0.39, 0.29) is 5.91 Å². The number of aryl methyl sites for hydroxylation is 4. The highest BCUT2D eigenvalue weighted by Crippen LogP contribution is 2.32. The smallest absolute Gasteiger partial charge is 0.259 e. The number of hydrogen-bond donors (Lipinski definition) is 3. The van der Waals surface area contributed by atoms with Gasteiger partial charge in [0.25, 0.3) is 5.91 Å². The van der Waals surface area contributed by atoms with Gasteiger partial charge in [0.15, 0.2) is 0 Å². The van der Waals surface area contributed by atoms with E-state index in [1.54, 1.807) is 6.20 Å². The molecule has 1 aliphatic rings. The van der Waals surface area contributed by atoms with Gasteiger partial charge in [0, 0.05) is 36.2 Å². The molecular formula is C30H38N4O. The van der Waals surface area contributed by atoms with Crippen molar-refractivity contribution in [2.75, 3.05) is 23.7 Å². The van der Waals surface area contributed by atoms with Gasteiger partial charge < -0.3 is 16.0 Å². The number of nitrogens with zero attached hydrogens (tertiary/aromatic N) is 1. The third-order valence-corrected chi connectivity index (χ3v) is 6.65. The molecule has 184 valence electrons. The van der Waals surface area contributed by atoms with E-state index in [1.807, 2.05) is 32.2 Å². The van der Waals surface area contributed by atoms with Gasteiger partial charge in [0.05, 0.1) is 11.3 Å². The number of carbonyl (C=O) groups is 1. The molecule has 0 radical (unpaired) electrons. The first-order chi connectivity index (χ1) is 16.9. The summed E-state index contributed by atoms with van der Waals surface area (Å²) in [6.45, 7) is 10.2. The zero-order valence-corrected chi connectivity index (χ0v) is 21.5. The fraction of sp³-hybridized carbons (Fsp3) is 0.400. The monoisotopic (exact) mass is 470 g/mol. The molecule has 5 nitrogen and oxygen atoms in total. The van der Waals surface area contributed by atoms with Gasteiger partial charge in [0.1, 0.15) is 0 Å². The first-order valence-electron chi connectivity index (χ1n) is 12.8. The standard InChI is InChI=1S/C30H38N4O/c1-20-12-21(2)15-24(14-20)27-18-31-19-28(30(35)34-26-16-22(3)13-23(4)17-26)29(27)33-11-7-9-25-8-5-6-10-32-25/h12-19,25,32H,5-11H2,1-4H3,(H,31,33)(H,34,35). The highest BCUT2D eigenvalue weighted by Gasteiger charge is 2.18. The molecule has 1 aromatic heterocycles. The van der Waals surface area contributed by atoms with Gasteiger partial charge in [0.2, 0.25) is 0 Å². The van der Waals surface area contributed by atoms with Crippen LogP contribution in [0.1, 0.15) is 64.7 Å². The molecule has 1 saturated heterocycles. The van der Waals surface area contributed by atoms with E-state index < -0.39 is 0 Å². The zero-order valence-electron chi connectivity index (χ0n) is 21.5. The Hall–Kier alpha value is -3.18. The van der Waals surface area contributed by atoms with Gasteiger partial charge in [-0.2, -0.15) is 0 Å². The van der Waals surface area contributed by atoms with Crippen LogP contribution in [0.5, 0.6) is 0 Å². The van der Waals surface area contributed by atoms with Gasteiger partial charge in [-0.05, 0) is 88.7 Å². The number of anilines is 2. The lowest BCUT2D eigenvalue weighted by Crippen LogP contribution is -2.34. The molecule has 1 unspecified atom stereocenters. The van der Waals surface area contributed by atoms with Crippen LogP contribution in [0.25, 0.3) is 11.1 Å². The highest BCUT2D eigenvalue weighted by atomic mass is 16.1. The van der Waals surface area contributed by atoms with Crippen molar-refractivity contribution < 1.29 is 4.79 Å². The van der Waals surface area contributed by atoms with Crippen molar-refractivity contribution in [2.24, 2.45) is 0 Å². The van der Waals surface area contributed by atoms with Crippen molar-refractivity contribution in [3.8, 4) is 11.1 Å². The Morgan fingerprint density at radius 1 is 0.943 bits per heavy atom. The summed E-state index contributed by atoms with van der Waals surface area (Å²) in [7, 11) is 0. The van der Waals surface area contributed by atoms with E-state index in [9.17, 15) is 4.79 Å². The quantitative estimate of drug-likeness (QED) is 0.326. The number of nitrogens with one attached hydrogen (secondary N) is 3. The molecule has 1 aliphatic heterocycles. The van der Waals surface area contributed by atoms with Crippen molar-refractivity contribution in [3.63, 3.8) is 0 Å². The van der Waals surface area contributed by atoms with E-state index in [1.165, 1.54) is 30.4 Å². The second kappa shape index (κ2) is 11.5. The minimum Gasteiger partial charge on any atom is -0.384 e. The molecule has 4 rings (SSSR count). The summed E-state index contributed by atoms with van der Waals surface area (Å²) >= 11 is 0. The number of carbonyl (C=O) groups excluding carboxylic acids is 1. The van der Waals surface area contributed by atoms with Crippen LogP contribution in [-0.2, 0) is 0 Å². The molecule has 0 spiro atoms. The van der Waals surface area contributed by atoms with Crippen LogP contribution in [0.2, 0.25) is 0 Å². The molecule has 35 heavy (non-hydrogen) atoms. The number of aromatic nitrogens is 1. The number of amides is 1. The largest absolute Gasteiger partial charge is 0.384 e. The van der Waals surface area contributed by atoms with Crippen molar-refractivity contribution in [3.05, 3.63) is 76.6 Å². The number of pyridine rings is 1. The SMILES string of the molecule is Cc1cc(C)cc(NC(=O)c2cncc(-c3cc(C)cc(C)c3)c2NCCCC2CCCCN2)c1. The predicted octanol–water partition coefficient (Wildman–Crippen LogP) is 6.57. The second-order valence-corrected chi connectivity index (χ2v) is 10.0. The van der Waals surface area contributed by atoms with Crippen LogP contribution in [0.3, 0.4) is 0 Å². The first-order valence-corrected chi connectivity index (χ1v) is 12.8. The maximum absolute atomic E-state index is 13.5. The minimum atomic E-state index is -0.148. The Morgan fingerprint density at radius 2 is 1.63 bits per heavy atom. The Morgan fingerprint density at radius 3 is 2.29 bits per heavy atom. The average molecular weight is 471 g/mol. The van der Waals surface area contributed by atoms with Crippen LogP contribution < -0.4 is 16.0 Å². The summed E-state index contributed by atoms with van der Waals surface area (Å²) in [5, 5.41) is 10.3. The maximum atomic E-state index is 13.5. The Balaban J connectivity index is 1.60. The third-order valence-electron chi connectivity index (χ3n) is 6.65. The van der Waals surface area contributed by atoms with E-state index in [0.717, 1.165) is 59.6 Å². The molecule has 0 bridgehead atoms. The van der Waals surface area contributed by atoms with Crippen LogP contribution in [0.15, 0.2) is 48.8 Å². The third kappa shape index (κ3) is 6.70. The van der Waals surface area contributed by atoms with Crippen LogP contribution in [-0.4, -0.2) is 30.0 Å². The molecule has 3 N–H and O–H groups in total. The van der Waals surface area contributed by atoms with E-state index in [2.05, 4.69) is 59.0 Å². The number of benzene rings is 2. The molecule has 2 aromatic carbocycles. The van der Waals surface area contributed by atoms with Gasteiger partial charge in [-0.1, -0.05) is 41.8 Å². The fourth-order valence-corrected chi connectivity index (χ4v) is 5.15. The van der Waals surface area contributed by atoms with Crippen molar-refractivity contribution >= 4 is 17.3 Å². The molecule has 3 aromatic rings. The van der Waals surface area contributed by atoms with Crippen molar-refractivity contribution in [1.82, 2.24) is 10.3 Å². The summed E-state index contributed by atoms with van der Waals surface area (Å²) in [6.07, 6.45) is 9.58. The van der Waals surface area contributed by atoms with Crippen molar-refractivity contribution in [2.45, 2.75) is 65.8 Å². The van der Waals surface area contributed by atoms with Gasteiger partial charge in [-0.3, -0.25) is 9.78 Å². The minimum absolute atomic E-state index is 0.148. The second-order valence-electron chi connectivity index (χ2n) is 10.0. The summed E-state index contributed by atoms with van der Waals surface area (Å²) in [4.78, 5) is 17.9. The molecule has 1 amide bonds. The Kier molecular flexibility index (Phi) is 8.19. The predicted molar refractivity (Wildman–Crippen MR) is 146 cm³/mol. The highest BCUT2D eigenvalue weighted by molar-refractivity contribution is 6.10. The zero-order chi connectivity index (χ0) is 24.8. The van der Waals surface area contributed by atoms with Crippen molar-refractivity contribution in [1.29, 1.82) is 0 Å². The molecule has 0 saturated carbocycles. The Labute approximate surface area is 209 Å². The first kappa shape index (κ1) is 24.9.